The third kappa shape index (κ3) is 3.24. The van der Waals surface area contributed by atoms with Crippen molar-refractivity contribution in [2.75, 3.05) is 6.54 Å². The largest absolute Gasteiger partial charge is 0.459 e. The van der Waals surface area contributed by atoms with Gasteiger partial charge in [0.25, 0.3) is 0 Å². The minimum absolute atomic E-state index is 0.378. The van der Waals surface area contributed by atoms with E-state index in [9.17, 15) is 0 Å². The molecule has 2 heteroatoms. The van der Waals surface area contributed by atoms with Gasteiger partial charge < -0.3 is 9.73 Å². The van der Waals surface area contributed by atoms with Crippen LogP contribution >= 0.6 is 0 Å². The smallest absolute Gasteiger partial charge is 0.134 e. The first-order valence-electron chi connectivity index (χ1n) is 7.99. The maximum absolute atomic E-state index is 6.07. The second-order valence-corrected chi connectivity index (χ2v) is 6.22. The van der Waals surface area contributed by atoms with Crippen molar-refractivity contribution >= 4 is 11.0 Å². The van der Waals surface area contributed by atoms with Gasteiger partial charge in [-0.3, -0.25) is 0 Å². The Bertz CT molecular complexity index is 568. The van der Waals surface area contributed by atoms with E-state index >= 15 is 0 Å². The van der Waals surface area contributed by atoms with Gasteiger partial charge in [-0.25, -0.2) is 0 Å². The highest BCUT2D eigenvalue weighted by atomic mass is 16.3. The molecule has 1 aliphatic carbocycles. The van der Waals surface area contributed by atoms with Crippen molar-refractivity contribution in [2.24, 2.45) is 5.92 Å². The second kappa shape index (κ2) is 6.01. The maximum atomic E-state index is 6.07. The molecule has 1 aromatic carbocycles. The van der Waals surface area contributed by atoms with E-state index in [4.69, 9.17) is 4.42 Å². The van der Waals surface area contributed by atoms with Gasteiger partial charge in [-0.2, -0.15) is 0 Å². The lowest BCUT2D eigenvalue weighted by atomic mass is 10.1. The van der Waals surface area contributed by atoms with Crippen molar-refractivity contribution in [3.8, 4) is 0 Å². The quantitative estimate of drug-likeness (QED) is 0.769. The molecule has 1 N–H and O–H groups in total. The standard InChI is InChI=1S/C18H25NO/c1-3-10-19-16(8-7-14-5-6-14)18-12-15-11-13(2)4-9-17(15)20-18/h4,9,11-12,14,16,19H,3,5-8,10H2,1-2H3. The maximum Gasteiger partial charge on any atom is 0.134 e. The molecule has 1 heterocycles. The van der Waals surface area contributed by atoms with E-state index in [1.54, 1.807) is 0 Å². The first-order chi connectivity index (χ1) is 9.76. The van der Waals surface area contributed by atoms with Gasteiger partial charge in [0.05, 0.1) is 6.04 Å². The van der Waals surface area contributed by atoms with Gasteiger partial charge in [-0.1, -0.05) is 31.4 Å². The molecule has 1 atom stereocenters. The van der Waals surface area contributed by atoms with Crippen LogP contribution in [0.5, 0.6) is 0 Å². The van der Waals surface area contributed by atoms with Gasteiger partial charge in [-0.05, 0) is 56.8 Å². The van der Waals surface area contributed by atoms with Crippen molar-refractivity contribution in [3.63, 3.8) is 0 Å². The molecule has 2 aromatic rings. The predicted octanol–water partition coefficient (Wildman–Crippen LogP) is 4.97. The van der Waals surface area contributed by atoms with E-state index in [1.165, 1.54) is 43.1 Å². The zero-order chi connectivity index (χ0) is 13.9. The third-order valence-electron chi connectivity index (χ3n) is 4.24. The van der Waals surface area contributed by atoms with Crippen LogP contribution in [0.2, 0.25) is 0 Å². The normalized spacial score (nSPS) is 16.7. The van der Waals surface area contributed by atoms with E-state index in [-0.39, 0.29) is 0 Å². The second-order valence-electron chi connectivity index (χ2n) is 6.22. The molecule has 1 aliphatic rings. The fourth-order valence-electron chi connectivity index (χ4n) is 2.83. The molecule has 0 aliphatic heterocycles. The Balaban J connectivity index is 1.78. The van der Waals surface area contributed by atoms with Gasteiger partial charge in [0.15, 0.2) is 0 Å². The van der Waals surface area contributed by atoms with E-state index in [0.717, 1.165) is 23.8 Å². The molecule has 3 rings (SSSR count). The number of benzene rings is 1. The number of nitrogens with one attached hydrogen (secondary N) is 1. The van der Waals surface area contributed by atoms with Crippen LogP contribution in [0.15, 0.2) is 28.7 Å². The summed E-state index contributed by atoms with van der Waals surface area (Å²) in [6, 6.07) is 9.02. The lowest BCUT2D eigenvalue weighted by Gasteiger charge is -2.15. The van der Waals surface area contributed by atoms with Crippen molar-refractivity contribution < 1.29 is 4.42 Å². The monoisotopic (exact) mass is 271 g/mol. The molecule has 0 amide bonds. The molecule has 108 valence electrons. The molecular weight excluding hydrogens is 246 g/mol. The molecule has 2 nitrogen and oxygen atoms in total. The molecule has 0 saturated heterocycles. The fraction of sp³-hybridized carbons (Fsp3) is 0.556. The highest BCUT2D eigenvalue weighted by molar-refractivity contribution is 5.78. The van der Waals surface area contributed by atoms with Gasteiger partial charge >= 0.3 is 0 Å². The van der Waals surface area contributed by atoms with Crippen LogP contribution in [-0.2, 0) is 0 Å². The van der Waals surface area contributed by atoms with Crippen LogP contribution in [0.25, 0.3) is 11.0 Å². The topological polar surface area (TPSA) is 25.2 Å². The van der Waals surface area contributed by atoms with E-state index in [2.05, 4.69) is 43.4 Å². The zero-order valence-electron chi connectivity index (χ0n) is 12.6. The lowest BCUT2D eigenvalue weighted by Crippen LogP contribution is -2.21. The van der Waals surface area contributed by atoms with Crippen LogP contribution < -0.4 is 5.32 Å². The number of aryl methyl sites for hydroxylation is 1. The van der Waals surface area contributed by atoms with Crippen LogP contribution in [-0.4, -0.2) is 6.54 Å². The highest BCUT2D eigenvalue weighted by Gasteiger charge is 2.24. The Kier molecular flexibility index (Phi) is 4.11. The number of furan rings is 1. The average Bonchev–Trinajstić information content (AvgIpc) is 3.17. The summed E-state index contributed by atoms with van der Waals surface area (Å²) in [5.41, 5.74) is 2.31. The summed E-state index contributed by atoms with van der Waals surface area (Å²) in [4.78, 5) is 0. The Morgan fingerprint density at radius 1 is 1.30 bits per heavy atom. The first kappa shape index (κ1) is 13.7. The molecular formula is C18H25NO. The van der Waals surface area contributed by atoms with Crippen LogP contribution in [0.1, 0.15) is 56.4 Å². The zero-order valence-corrected chi connectivity index (χ0v) is 12.6. The van der Waals surface area contributed by atoms with Crippen molar-refractivity contribution in [2.45, 2.75) is 52.0 Å². The number of hydrogen-bond donors (Lipinski definition) is 1. The average molecular weight is 271 g/mol. The minimum atomic E-state index is 0.378. The summed E-state index contributed by atoms with van der Waals surface area (Å²) in [5, 5.41) is 4.88. The van der Waals surface area contributed by atoms with E-state index in [1.807, 2.05) is 0 Å². The van der Waals surface area contributed by atoms with Crippen LogP contribution in [0.4, 0.5) is 0 Å². The summed E-state index contributed by atoms with van der Waals surface area (Å²) < 4.78 is 6.07. The van der Waals surface area contributed by atoms with Crippen LogP contribution in [0, 0.1) is 12.8 Å². The highest BCUT2D eigenvalue weighted by Crippen LogP contribution is 2.36. The fourth-order valence-corrected chi connectivity index (χ4v) is 2.83. The molecule has 1 saturated carbocycles. The Labute approximate surface area is 121 Å². The summed E-state index contributed by atoms with van der Waals surface area (Å²) in [7, 11) is 0. The van der Waals surface area contributed by atoms with Crippen molar-refractivity contribution in [3.05, 3.63) is 35.6 Å². The van der Waals surface area contributed by atoms with Gasteiger partial charge in [0.1, 0.15) is 11.3 Å². The molecule has 20 heavy (non-hydrogen) atoms. The molecule has 1 fully saturated rings. The number of fused-ring (bicyclic) bond motifs is 1. The first-order valence-corrected chi connectivity index (χ1v) is 7.99. The van der Waals surface area contributed by atoms with Gasteiger partial charge in [-0.15, -0.1) is 0 Å². The summed E-state index contributed by atoms with van der Waals surface area (Å²) >= 11 is 0. The van der Waals surface area contributed by atoms with Gasteiger partial charge in [0.2, 0.25) is 0 Å². The molecule has 0 spiro atoms. The van der Waals surface area contributed by atoms with Crippen molar-refractivity contribution in [1.29, 1.82) is 0 Å². The SMILES string of the molecule is CCCNC(CCC1CC1)c1cc2cc(C)ccc2o1. The molecule has 0 bridgehead atoms. The predicted molar refractivity (Wildman–Crippen MR) is 83.9 cm³/mol. The summed E-state index contributed by atoms with van der Waals surface area (Å²) in [6.45, 7) is 5.41. The minimum Gasteiger partial charge on any atom is -0.459 e. The Hall–Kier alpha value is -1.28. The Morgan fingerprint density at radius 3 is 2.90 bits per heavy atom. The van der Waals surface area contributed by atoms with E-state index in [0.29, 0.717) is 6.04 Å². The number of hydrogen-bond acceptors (Lipinski definition) is 2. The summed E-state index contributed by atoms with van der Waals surface area (Å²) in [6.07, 6.45) is 6.56. The van der Waals surface area contributed by atoms with Crippen LogP contribution in [0.3, 0.4) is 0 Å². The lowest BCUT2D eigenvalue weighted by molar-refractivity contribution is 0.396. The summed E-state index contributed by atoms with van der Waals surface area (Å²) in [5.74, 6) is 2.09. The third-order valence-corrected chi connectivity index (χ3v) is 4.24. The molecule has 0 radical (unpaired) electrons. The Morgan fingerprint density at radius 2 is 2.15 bits per heavy atom. The molecule has 1 unspecified atom stereocenters. The van der Waals surface area contributed by atoms with E-state index < -0.39 is 0 Å². The molecule has 1 aromatic heterocycles. The van der Waals surface area contributed by atoms with Gasteiger partial charge in [0, 0.05) is 5.39 Å². The van der Waals surface area contributed by atoms with Crippen molar-refractivity contribution in [1.82, 2.24) is 5.32 Å². The number of rotatable bonds is 7.